The summed E-state index contributed by atoms with van der Waals surface area (Å²) >= 11 is 1.87. The van der Waals surface area contributed by atoms with Crippen LogP contribution < -0.4 is 0 Å². The van der Waals surface area contributed by atoms with Crippen LogP contribution >= 0.6 is 11.3 Å². The van der Waals surface area contributed by atoms with Gasteiger partial charge in [0.25, 0.3) is 0 Å². The molecular formula is C55H35N3S. The van der Waals surface area contributed by atoms with Gasteiger partial charge in [-0.3, -0.25) is 0 Å². The number of fused-ring (bicyclic) bond motifs is 4. The maximum Gasteiger partial charge on any atom is 0.164 e. The molecule has 0 radical (unpaired) electrons. The normalized spacial score (nSPS) is 11.4. The van der Waals surface area contributed by atoms with Crippen molar-refractivity contribution in [3.05, 3.63) is 212 Å². The molecule has 3 nitrogen and oxygen atoms in total. The molecule has 2 aromatic heterocycles. The van der Waals surface area contributed by atoms with E-state index in [9.17, 15) is 0 Å². The summed E-state index contributed by atoms with van der Waals surface area (Å²) in [6.07, 6.45) is 0. The molecule has 9 aromatic carbocycles. The second-order valence-corrected chi connectivity index (χ2v) is 15.8. The predicted octanol–water partition coefficient (Wildman–Crippen LogP) is 15.1. The van der Waals surface area contributed by atoms with Crippen LogP contribution in [-0.2, 0) is 0 Å². The lowest BCUT2D eigenvalue weighted by Gasteiger charge is -2.13. The van der Waals surface area contributed by atoms with E-state index in [1.807, 2.05) is 53.8 Å². The Bertz CT molecular complexity index is 3300. The third-order valence-corrected chi connectivity index (χ3v) is 12.3. The molecule has 0 amide bonds. The first kappa shape index (κ1) is 34.7. The van der Waals surface area contributed by atoms with Crippen LogP contribution in [-0.4, -0.2) is 15.0 Å². The van der Waals surface area contributed by atoms with Crippen molar-refractivity contribution in [3.8, 4) is 78.7 Å². The Hall–Kier alpha value is -7.53. The SMILES string of the molecule is c1ccc(-c2nc(-c3ccc(-c4ccc(-c5ccc(-c6ccc7c(c6)sc6ccccc67)c6ccccc56)cc4)cc3)nc(-c3ccccc3-c3ccccc3)n2)cc1. The van der Waals surface area contributed by atoms with Crippen LogP contribution in [0, 0.1) is 0 Å². The Labute approximate surface area is 346 Å². The van der Waals surface area contributed by atoms with Crippen molar-refractivity contribution in [1.82, 2.24) is 15.0 Å². The molecule has 59 heavy (non-hydrogen) atoms. The minimum Gasteiger partial charge on any atom is -0.208 e. The molecule has 0 aliphatic heterocycles. The first-order valence-corrected chi connectivity index (χ1v) is 20.7. The second-order valence-electron chi connectivity index (χ2n) is 14.8. The number of rotatable bonds is 7. The summed E-state index contributed by atoms with van der Waals surface area (Å²) in [6, 6.07) is 75.2. The first-order chi connectivity index (χ1) is 29.2. The van der Waals surface area contributed by atoms with E-state index in [1.165, 1.54) is 53.2 Å². The molecule has 0 spiro atoms. The van der Waals surface area contributed by atoms with E-state index in [0.29, 0.717) is 17.5 Å². The fraction of sp³-hybridized carbons (Fsp3) is 0. The van der Waals surface area contributed by atoms with Crippen molar-refractivity contribution in [2.75, 3.05) is 0 Å². The van der Waals surface area contributed by atoms with Crippen molar-refractivity contribution in [3.63, 3.8) is 0 Å². The van der Waals surface area contributed by atoms with Gasteiger partial charge in [0.15, 0.2) is 17.5 Å². The highest BCUT2D eigenvalue weighted by Gasteiger charge is 2.16. The molecule has 2 heterocycles. The van der Waals surface area contributed by atoms with Crippen LogP contribution in [0.4, 0.5) is 0 Å². The largest absolute Gasteiger partial charge is 0.208 e. The molecule has 0 saturated carbocycles. The van der Waals surface area contributed by atoms with Crippen LogP contribution in [0.2, 0.25) is 0 Å². The highest BCUT2D eigenvalue weighted by Crippen LogP contribution is 2.40. The molecule has 4 heteroatoms. The Morgan fingerprint density at radius 3 is 1.32 bits per heavy atom. The van der Waals surface area contributed by atoms with Crippen molar-refractivity contribution >= 4 is 42.3 Å². The number of nitrogens with zero attached hydrogens (tertiary/aromatic N) is 3. The van der Waals surface area contributed by atoms with E-state index in [0.717, 1.165) is 38.9 Å². The molecule has 0 saturated heterocycles. The zero-order valence-corrected chi connectivity index (χ0v) is 32.8. The molecule has 0 N–H and O–H groups in total. The molecule has 0 fully saturated rings. The number of benzene rings is 9. The van der Waals surface area contributed by atoms with Gasteiger partial charge in [-0.15, -0.1) is 11.3 Å². The van der Waals surface area contributed by atoms with E-state index in [1.54, 1.807) is 0 Å². The van der Waals surface area contributed by atoms with Crippen molar-refractivity contribution < 1.29 is 0 Å². The third kappa shape index (κ3) is 6.46. The van der Waals surface area contributed by atoms with E-state index < -0.39 is 0 Å². The minimum absolute atomic E-state index is 0.637. The number of hydrogen-bond acceptors (Lipinski definition) is 4. The predicted molar refractivity (Wildman–Crippen MR) is 248 cm³/mol. The fourth-order valence-electron chi connectivity index (χ4n) is 8.24. The van der Waals surface area contributed by atoms with E-state index in [2.05, 4.69) is 170 Å². The van der Waals surface area contributed by atoms with Gasteiger partial charge < -0.3 is 0 Å². The lowest BCUT2D eigenvalue weighted by molar-refractivity contribution is 1.07. The Morgan fingerprint density at radius 2 is 0.661 bits per heavy atom. The molecular weight excluding hydrogens is 735 g/mol. The Balaban J connectivity index is 0.913. The monoisotopic (exact) mass is 769 g/mol. The van der Waals surface area contributed by atoms with Gasteiger partial charge in [0.05, 0.1) is 0 Å². The summed E-state index contributed by atoms with van der Waals surface area (Å²) < 4.78 is 2.65. The molecule has 0 bridgehead atoms. The van der Waals surface area contributed by atoms with Gasteiger partial charge in [-0.1, -0.05) is 200 Å². The Morgan fingerprint density at radius 1 is 0.237 bits per heavy atom. The fourth-order valence-corrected chi connectivity index (χ4v) is 9.38. The van der Waals surface area contributed by atoms with Crippen LogP contribution in [0.5, 0.6) is 0 Å². The van der Waals surface area contributed by atoms with Crippen molar-refractivity contribution in [1.29, 1.82) is 0 Å². The molecule has 0 aliphatic rings. The average Bonchev–Trinajstić information content (AvgIpc) is 3.70. The molecule has 11 rings (SSSR count). The van der Waals surface area contributed by atoms with Gasteiger partial charge in [0.1, 0.15) is 0 Å². The van der Waals surface area contributed by atoms with Gasteiger partial charge >= 0.3 is 0 Å². The van der Waals surface area contributed by atoms with Gasteiger partial charge in [0.2, 0.25) is 0 Å². The average molecular weight is 770 g/mol. The number of thiophene rings is 1. The first-order valence-electron chi connectivity index (χ1n) is 19.8. The van der Waals surface area contributed by atoms with Gasteiger partial charge in [-0.2, -0.15) is 0 Å². The van der Waals surface area contributed by atoms with Crippen LogP contribution in [0.25, 0.3) is 110 Å². The summed E-state index contributed by atoms with van der Waals surface area (Å²) in [5, 5.41) is 5.15. The lowest BCUT2D eigenvalue weighted by Crippen LogP contribution is -2.01. The van der Waals surface area contributed by atoms with Crippen molar-refractivity contribution in [2.24, 2.45) is 0 Å². The summed E-state index contributed by atoms with van der Waals surface area (Å²) in [6.45, 7) is 0. The number of hydrogen-bond donors (Lipinski definition) is 0. The molecule has 0 aliphatic carbocycles. The highest BCUT2D eigenvalue weighted by atomic mass is 32.1. The second kappa shape index (κ2) is 14.8. The smallest absolute Gasteiger partial charge is 0.164 e. The van der Waals surface area contributed by atoms with Gasteiger partial charge in [-0.25, -0.2) is 15.0 Å². The lowest BCUT2D eigenvalue weighted by atomic mass is 9.91. The standard InChI is InChI=1S/C55H35N3S/c1-3-13-38(14-4-1)43-17-7-10-21-50(43)55-57-53(40-15-5-2-6-16-40)56-54(58-55)41-29-25-37(26-30-41)36-23-27-39(28-24-36)44-33-34-45(47-19-9-8-18-46(44)47)42-31-32-49-48-20-11-12-22-51(48)59-52(49)35-42/h1-35H. The van der Waals surface area contributed by atoms with Gasteiger partial charge in [-0.05, 0) is 67.4 Å². The molecule has 276 valence electrons. The summed E-state index contributed by atoms with van der Waals surface area (Å²) in [7, 11) is 0. The topological polar surface area (TPSA) is 38.7 Å². The summed E-state index contributed by atoms with van der Waals surface area (Å²) in [4.78, 5) is 15.1. The summed E-state index contributed by atoms with van der Waals surface area (Å²) in [5.41, 5.74) is 12.2. The van der Waals surface area contributed by atoms with E-state index in [-0.39, 0.29) is 0 Å². The van der Waals surface area contributed by atoms with Gasteiger partial charge in [0, 0.05) is 36.9 Å². The maximum atomic E-state index is 5.08. The van der Waals surface area contributed by atoms with Crippen LogP contribution in [0.1, 0.15) is 0 Å². The van der Waals surface area contributed by atoms with Crippen LogP contribution in [0.3, 0.4) is 0 Å². The highest BCUT2D eigenvalue weighted by molar-refractivity contribution is 7.25. The van der Waals surface area contributed by atoms with Crippen LogP contribution in [0.15, 0.2) is 212 Å². The molecule has 0 unspecified atom stereocenters. The molecule has 11 aromatic rings. The minimum atomic E-state index is 0.637. The third-order valence-electron chi connectivity index (χ3n) is 11.2. The Kier molecular flexibility index (Phi) is 8.68. The zero-order chi connectivity index (χ0) is 39.1. The molecule has 0 atom stereocenters. The quantitative estimate of drug-likeness (QED) is 0.162. The van der Waals surface area contributed by atoms with E-state index in [4.69, 9.17) is 15.0 Å². The maximum absolute atomic E-state index is 5.08. The van der Waals surface area contributed by atoms with Crippen molar-refractivity contribution in [2.45, 2.75) is 0 Å². The zero-order valence-electron chi connectivity index (χ0n) is 32.0. The van der Waals surface area contributed by atoms with E-state index >= 15 is 0 Å². The summed E-state index contributed by atoms with van der Waals surface area (Å²) in [5.74, 6) is 1.93. The number of aromatic nitrogens is 3.